The zero-order chi connectivity index (χ0) is 15.8. The van der Waals surface area contributed by atoms with Crippen LogP contribution < -0.4 is 10.5 Å². The Bertz CT molecular complexity index is 787. The molecule has 0 radical (unpaired) electrons. The molecule has 2 rings (SSSR count). The van der Waals surface area contributed by atoms with Crippen molar-refractivity contribution in [2.45, 2.75) is 11.8 Å². The second-order valence-corrected chi connectivity index (χ2v) is 6.93. The third-order valence-electron chi connectivity index (χ3n) is 2.75. The summed E-state index contributed by atoms with van der Waals surface area (Å²) in [5, 5.41) is 0. The molecule has 0 aromatic heterocycles. The van der Waals surface area contributed by atoms with Crippen LogP contribution >= 0.6 is 15.9 Å². The summed E-state index contributed by atoms with van der Waals surface area (Å²) in [4.78, 5) is -0.774. The Morgan fingerprint density at radius 3 is 2.48 bits per heavy atom. The molecule has 0 aliphatic heterocycles. The molecule has 0 unspecified atom stereocenters. The van der Waals surface area contributed by atoms with Crippen molar-refractivity contribution in [3.63, 3.8) is 0 Å². The third kappa shape index (κ3) is 3.33. The molecule has 0 aliphatic carbocycles. The molecule has 0 amide bonds. The molecule has 2 aromatic rings. The lowest BCUT2D eigenvalue weighted by Gasteiger charge is -2.14. The van der Waals surface area contributed by atoms with Gasteiger partial charge in [0.2, 0.25) is 0 Å². The predicted octanol–water partition coefficient (Wildman–Crippen LogP) is 3.42. The van der Waals surface area contributed by atoms with E-state index in [4.69, 9.17) is 5.73 Å². The quantitative estimate of drug-likeness (QED) is 0.806. The van der Waals surface area contributed by atoms with Gasteiger partial charge in [-0.3, -0.25) is 4.72 Å². The summed E-state index contributed by atoms with van der Waals surface area (Å²) in [6.45, 7) is 1.64. The second kappa shape index (κ2) is 5.61. The highest BCUT2D eigenvalue weighted by atomic mass is 79.9. The van der Waals surface area contributed by atoms with E-state index in [1.807, 2.05) is 0 Å². The van der Waals surface area contributed by atoms with Crippen LogP contribution in [0.3, 0.4) is 0 Å². The molecule has 0 heterocycles. The molecule has 8 heteroatoms. The topological polar surface area (TPSA) is 72.2 Å². The number of rotatable bonds is 3. The summed E-state index contributed by atoms with van der Waals surface area (Å²) >= 11 is 3.23. The summed E-state index contributed by atoms with van der Waals surface area (Å²) < 4.78 is 54.0. The monoisotopic (exact) mass is 376 g/mol. The molecule has 112 valence electrons. The number of nitrogen functional groups attached to an aromatic ring is 1. The van der Waals surface area contributed by atoms with Crippen molar-refractivity contribution in [1.29, 1.82) is 0 Å². The summed E-state index contributed by atoms with van der Waals surface area (Å²) in [6, 6.07) is 5.36. The van der Waals surface area contributed by atoms with Gasteiger partial charge in [0.05, 0.1) is 11.4 Å². The fraction of sp³-hybridized carbons (Fsp3) is 0.0769. The molecule has 21 heavy (non-hydrogen) atoms. The number of benzene rings is 2. The number of sulfonamides is 1. The van der Waals surface area contributed by atoms with Crippen LogP contribution in [-0.4, -0.2) is 8.42 Å². The number of hydrogen-bond acceptors (Lipinski definition) is 3. The maximum absolute atomic E-state index is 13.6. The first-order valence-corrected chi connectivity index (χ1v) is 8.02. The first-order valence-electron chi connectivity index (χ1n) is 5.74. The average Bonchev–Trinajstić information content (AvgIpc) is 2.36. The number of nitrogens with two attached hydrogens (primary N) is 1. The Morgan fingerprint density at radius 2 is 1.86 bits per heavy atom. The normalized spacial score (nSPS) is 11.4. The molecular formula is C13H11BrF2N2O2S. The number of halogens is 3. The fourth-order valence-electron chi connectivity index (χ4n) is 1.78. The number of aryl methyl sites for hydroxylation is 1. The van der Waals surface area contributed by atoms with Crippen molar-refractivity contribution in [3.05, 3.63) is 52.0 Å². The van der Waals surface area contributed by atoms with Gasteiger partial charge < -0.3 is 5.73 Å². The summed E-state index contributed by atoms with van der Waals surface area (Å²) in [6.07, 6.45) is 0. The molecule has 2 aromatic carbocycles. The van der Waals surface area contributed by atoms with Gasteiger partial charge in [-0.1, -0.05) is 15.9 Å². The van der Waals surface area contributed by atoms with Gasteiger partial charge >= 0.3 is 0 Å². The SMILES string of the molecule is Cc1cc(Br)cc(N)c1NS(=O)(=O)c1cc(F)ccc1F. The van der Waals surface area contributed by atoms with E-state index in [1.165, 1.54) is 6.07 Å². The zero-order valence-corrected chi connectivity index (χ0v) is 13.2. The first-order chi connectivity index (χ1) is 9.70. The molecule has 4 nitrogen and oxygen atoms in total. The lowest BCUT2D eigenvalue weighted by molar-refractivity contribution is 0.555. The molecule has 0 aliphatic rings. The van der Waals surface area contributed by atoms with Gasteiger partial charge in [0.25, 0.3) is 10.0 Å². The van der Waals surface area contributed by atoms with Crippen molar-refractivity contribution >= 4 is 37.3 Å². The van der Waals surface area contributed by atoms with Crippen LogP contribution in [-0.2, 0) is 10.0 Å². The summed E-state index contributed by atoms with van der Waals surface area (Å²) in [5.41, 5.74) is 6.59. The summed E-state index contributed by atoms with van der Waals surface area (Å²) in [7, 11) is -4.28. The Morgan fingerprint density at radius 1 is 1.19 bits per heavy atom. The predicted molar refractivity (Wildman–Crippen MR) is 80.5 cm³/mol. The number of nitrogens with one attached hydrogen (secondary N) is 1. The largest absolute Gasteiger partial charge is 0.397 e. The van der Waals surface area contributed by atoms with Crippen molar-refractivity contribution in [3.8, 4) is 0 Å². The molecule has 0 saturated heterocycles. The minimum absolute atomic E-state index is 0.127. The molecule has 0 atom stereocenters. The van der Waals surface area contributed by atoms with Gasteiger partial charge in [0, 0.05) is 4.47 Å². The van der Waals surface area contributed by atoms with Gasteiger partial charge in [0.1, 0.15) is 16.5 Å². The maximum atomic E-state index is 13.6. The van der Waals surface area contributed by atoms with Crippen molar-refractivity contribution < 1.29 is 17.2 Å². The van der Waals surface area contributed by atoms with Crippen LogP contribution in [0.4, 0.5) is 20.2 Å². The van der Waals surface area contributed by atoms with E-state index >= 15 is 0 Å². The molecule has 0 saturated carbocycles. The lowest BCUT2D eigenvalue weighted by Crippen LogP contribution is -2.16. The van der Waals surface area contributed by atoms with E-state index in [0.717, 1.165) is 12.1 Å². The van der Waals surface area contributed by atoms with Crippen molar-refractivity contribution in [2.24, 2.45) is 0 Å². The Labute approximate surface area is 129 Å². The van der Waals surface area contributed by atoms with Crippen LogP contribution in [0, 0.1) is 18.6 Å². The second-order valence-electron chi connectivity index (χ2n) is 4.37. The van der Waals surface area contributed by atoms with Crippen LogP contribution in [0.25, 0.3) is 0 Å². The van der Waals surface area contributed by atoms with Gasteiger partial charge in [-0.05, 0) is 42.8 Å². The standard InChI is InChI=1S/C13H11BrF2N2O2S/c1-7-4-8(14)5-11(17)13(7)18-21(19,20)12-6-9(15)2-3-10(12)16/h2-6,18H,17H2,1H3. The van der Waals surface area contributed by atoms with Gasteiger partial charge in [-0.25, -0.2) is 17.2 Å². The van der Waals surface area contributed by atoms with Crippen LogP contribution in [0.5, 0.6) is 0 Å². The molecule has 0 fully saturated rings. The highest BCUT2D eigenvalue weighted by Gasteiger charge is 2.22. The van der Waals surface area contributed by atoms with Gasteiger partial charge in [-0.15, -0.1) is 0 Å². The molecule has 3 N–H and O–H groups in total. The van der Waals surface area contributed by atoms with E-state index in [0.29, 0.717) is 16.1 Å². The number of anilines is 2. The van der Waals surface area contributed by atoms with Crippen LogP contribution in [0.1, 0.15) is 5.56 Å². The smallest absolute Gasteiger partial charge is 0.264 e. The van der Waals surface area contributed by atoms with E-state index in [1.54, 1.807) is 13.0 Å². The van der Waals surface area contributed by atoms with Crippen molar-refractivity contribution in [1.82, 2.24) is 0 Å². The Hall–Kier alpha value is -1.67. The number of hydrogen-bond donors (Lipinski definition) is 2. The van der Waals surface area contributed by atoms with Crippen LogP contribution in [0.15, 0.2) is 39.7 Å². The average molecular weight is 377 g/mol. The molecular weight excluding hydrogens is 366 g/mol. The van der Waals surface area contributed by atoms with Crippen molar-refractivity contribution in [2.75, 3.05) is 10.5 Å². The van der Waals surface area contributed by atoms with Gasteiger partial charge in [-0.2, -0.15) is 0 Å². The van der Waals surface area contributed by atoms with Gasteiger partial charge in [0.15, 0.2) is 0 Å². The van der Waals surface area contributed by atoms with E-state index in [-0.39, 0.29) is 11.4 Å². The zero-order valence-electron chi connectivity index (χ0n) is 10.8. The first kappa shape index (κ1) is 15.7. The minimum atomic E-state index is -4.28. The minimum Gasteiger partial charge on any atom is -0.397 e. The summed E-state index contributed by atoms with van der Waals surface area (Å²) in [5.74, 6) is -1.89. The fourth-order valence-corrected chi connectivity index (χ4v) is 3.62. The highest BCUT2D eigenvalue weighted by molar-refractivity contribution is 9.10. The lowest BCUT2D eigenvalue weighted by atomic mass is 10.2. The molecule has 0 bridgehead atoms. The van der Waals surface area contributed by atoms with E-state index in [2.05, 4.69) is 20.7 Å². The van der Waals surface area contributed by atoms with Crippen LogP contribution in [0.2, 0.25) is 0 Å². The third-order valence-corrected chi connectivity index (χ3v) is 4.57. The molecule has 0 spiro atoms. The highest BCUT2D eigenvalue weighted by Crippen LogP contribution is 2.30. The van der Waals surface area contributed by atoms with E-state index in [9.17, 15) is 17.2 Å². The maximum Gasteiger partial charge on any atom is 0.264 e. The van der Waals surface area contributed by atoms with E-state index < -0.39 is 26.6 Å². The Balaban J connectivity index is 2.50. The Kier molecular flexibility index (Phi) is 4.20.